The van der Waals surface area contributed by atoms with Gasteiger partial charge < -0.3 is 14.2 Å². The van der Waals surface area contributed by atoms with Crippen molar-refractivity contribution in [1.29, 1.82) is 0 Å². The summed E-state index contributed by atoms with van der Waals surface area (Å²) in [7, 11) is 1.41. The second-order valence-electron chi connectivity index (χ2n) is 5.07. The molecule has 1 aromatic rings. The highest BCUT2D eigenvalue weighted by atomic mass is 16.5. The molecule has 0 spiro atoms. The summed E-state index contributed by atoms with van der Waals surface area (Å²) in [4.78, 5) is 25.2. The molecule has 1 amide bonds. The van der Waals surface area contributed by atoms with Gasteiger partial charge in [0.05, 0.1) is 7.11 Å². The predicted molar refractivity (Wildman–Crippen MR) is 65.5 cm³/mol. The van der Waals surface area contributed by atoms with Crippen molar-refractivity contribution in [1.82, 2.24) is 9.47 Å². The highest BCUT2D eigenvalue weighted by molar-refractivity contribution is 5.67. The maximum absolute atomic E-state index is 11.8. The van der Waals surface area contributed by atoms with Crippen LogP contribution in [0.15, 0.2) is 23.0 Å². The molecule has 0 unspecified atom stereocenters. The van der Waals surface area contributed by atoms with Crippen molar-refractivity contribution in [2.24, 2.45) is 5.92 Å². The summed E-state index contributed by atoms with van der Waals surface area (Å²) in [6.07, 6.45) is 0.785. The predicted octanol–water partition coefficient (Wildman–Crippen LogP) is 1.03. The number of likely N-dealkylation sites (tertiary alicyclic amines) is 1. The number of carbonyl (C=O) groups is 1. The molecule has 2 aliphatic heterocycles. The van der Waals surface area contributed by atoms with Crippen LogP contribution >= 0.6 is 0 Å². The Bertz CT molecular complexity index is 537. The van der Waals surface area contributed by atoms with E-state index in [0.29, 0.717) is 25.6 Å². The van der Waals surface area contributed by atoms with Crippen molar-refractivity contribution in [3.63, 3.8) is 0 Å². The van der Waals surface area contributed by atoms with Crippen LogP contribution in [0.1, 0.15) is 18.0 Å². The van der Waals surface area contributed by atoms with Gasteiger partial charge in [-0.1, -0.05) is 6.07 Å². The zero-order valence-corrected chi connectivity index (χ0v) is 10.3. The van der Waals surface area contributed by atoms with Gasteiger partial charge in [0.2, 0.25) is 0 Å². The van der Waals surface area contributed by atoms with E-state index in [0.717, 1.165) is 12.1 Å². The average molecular weight is 248 g/mol. The second-order valence-corrected chi connectivity index (χ2v) is 5.07. The summed E-state index contributed by atoms with van der Waals surface area (Å²) in [5.74, 6) is 0.612. The Kier molecular flexibility index (Phi) is 2.61. The van der Waals surface area contributed by atoms with E-state index in [1.165, 1.54) is 7.11 Å². The Morgan fingerprint density at radius 1 is 1.33 bits per heavy atom. The fourth-order valence-electron chi connectivity index (χ4n) is 3.17. The average Bonchev–Trinajstić information content (AvgIpc) is 2.39. The molecule has 0 radical (unpaired) electrons. The van der Waals surface area contributed by atoms with Gasteiger partial charge >= 0.3 is 6.09 Å². The Hall–Kier alpha value is -1.78. The number of nitrogens with zero attached hydrogens (tertiary/aromatic N) is 2. The van der Waals surface area contributed by atoms with Gasteiger partial charge in [0.1, 0.15) is 0 Å². The van der Waals surface area contributed by atoms with E-state index >= 15 is 0 Å². The van der Waals surface area contributed by atoms with Gasteiger partial charge in [-0.15, -0.1) is 0 Å². The maximum atomic E-state index is 11.8. The van der Waals surface area contributed by atoms with Crippen molar-refractivity contribution in [3.8, 4) is 0 Å². The lowest BCUT2D eigenvalue weighted by atomic mass is 9.83. The van der Waals surface area contributed by atoms with Gasteiger partial charge in [-0.25, -0.2) is 4.79 Å². The minimum absolute atomic E-state index is 0.0636. The summed E-state index contributed by atoms with van der Waals surface area (Å²) in [5.41, 5.74) is 1.11. The summed E-state index contributed by atoms with van der Waals surface area (Å²) in [5, 5.41) is 0. The summed E-state index contributed by atoms with van der Waals surface area (Å²) >= 11 is 0. The van der Waals surface area contributed by atoms with Crippen LogP contribution in [-0.4, -0.2) is 35.8 Å². The molecule has 18 heavy (non-hydrogen) atoms. The third kappa shape index (κ3) is 1.70. The first-order chi connectivity index (χ1) is 8.69. The number of pyridine rings is 1. The van der Waals surface area contributed by atoms with Crippen LogP contribution in [0.2, 0.25) is 0 Å². The highest BCUT2D eigenvalue weighted by Crippen LogP contribution is 2.34. The Morgan fingerprint density at radius 3 is 2.94 bits per heavy atom. The van der Waals surface area contributed by atoms with E-state index in [-0.39, 0.29) is 17.6 Å². The van der Waals surface area contributed by atoms with Gasteiger partial charge in [-0.3, -0.25) is 4.79 Å². The molecule has 1 fully saturated rings. The number of aromatic nitrogens is 1. The number of carbonyl (C=O) groups excluding carboxylic acids is 1. The topological polar surface area (TPSA) is 51.5 Å². The fourth-order valence-corrected chi connectivity index (χ4v) is 3.17. The van der Waals surface area contributed by atoms with Gasteiger partial charge in [0.25, 0.3) is 5.56 Å². The number of hydrogen-bond acceptors (Lipinski definition) is 3. The number of ether oxygens (including phenoxy) is 1. The number of methoxy groups -OCH3 is 1. The quantitative estimate of drug-likeness (QED) is 0.689. The monoisotopic (exact) mass is 248 g/mol. The number of piperidine rings is 1. The molecular formula is C13H16N2O3. The normalized spacial score (nSPS) is 25.5. The molecular weight excluding hydrogens is 232 g/mol. The van der Waals surface area contributed by atoms with Crippen molar-refractivity contribution in [2.45, 2.75) is 18.9 Å². The molecule has 0 aromatic carbocycles. The van der Waals surface area contributed by atoms with E-state index in [4.69, 9.17) is 4.74 Å². The Labute approximate surface area is 105 Å². The van der Waals surface area contributed by atoms with E-state index in [1.807, 2.05) is 10.6 Å². The third-order valence-corrected chi connectivity index (χ3v) is 3.91. The van der Waals surface area contributed by atoms with Crippen LogP contribution in [-0.2, 0) is 11.3 Å². The van der Waals surface area contributed by atoms with Gasteiger partial charge in [-0.2, -0.15) is 0 Å². The summed E-state index contributed by atoms with van der Waals surface area (Å²) in [6.45, 7) is 2.04. The van der Waals surface area contributed by atoms with Crippen LogP contribution < -0.4 is 5.56 Å². The molecule has 96 valence electrons. The molecule has 2 atom stereocenters. The van der Waals surface area contributed by atoms with Gasteiger partial charge in [0, 0.05) is 37.3 Å². The smallest absolute Gasteiger partial charge is 0.409 e. The van der Waals surface area contributed by atoms with Crippen LogP contribution in [0.4, 0.5) is 4.79 Å². The number of hydrogen-bond donors (Lipinski definition) is 0. The first-order valence-corrected chi connectivity index (χ1v) is 6.21. The van der Waals surface area contributed by atoms with Crippen LogP contribution in [0.3, 0.4) is 0 Å². The fraction of sp³-hybridized carbons (Fsp3) is 0.538. The van der Waals surface area contributed by atoms with Crippen LogP contribution in [0.25, 0.3) is 0 Å². The van der Waals surface area contributed by atoms with E-state index < -0.39 is 0 Å². The van der Waals surface area contributed by atoms with Gasteiger partial charge in [-0.05, 0) is 18.4 Å². The number of fused-ring (bicyclic) bond motifs is 4. The lowest BCUT2D eigenvalue weighted by Gasteiger charge is -2.42. The minimum atomic E-state index is -0.267. The molecule has 3 heterocycles. The molecule has 1 saturated heterocycles. The Balaban J connectivity index is 1.95. The zero-order chi connectivity index (χ0) is 12.7. The number of rotatable bonds is 0. The van der Waals surface area contributed by atoms with Crippen molar-refractivity contribution < 1.29 is 9.53 Å². The molecule has 5 nitrogen and oxygen atoms in total. The summed E-state index contributed by atoms with van der Waals surface area (Å²) < 4.78 is 6.64. The van der Waals surface area contributed by atoms with Crippen LogP contribution in [0, 0.1) is 5.92 Å². The van der Waals surface area contributed by atoms with Crippen molar-refractivity contribution in [3.05, 3.63) is 34.2 Å². The Morgan fingerprint density at radius 2 is 2.17 bits per heavy atom. The van der Waals surface area contributed by atoms with Crippen molar-refractivity contribution >= 4 is 6.09 Å². The van der Waals surface area contributed by atoms with E-state index in [9.17, 15) is 9.59 Å². The highest BCUT2D eigenvalue weighted by Gasteiger charge is 2.36. The third-order valence-electron chi connectivity index (χ3n) is 3.91. The first-order valence-electron chi connectivity index (χ1n) is 6.21. The van der Waals surface area contributed by atoms with Crippen LogP contribution in [0.5, 0.6) is 0 Å². The molecule has 5 heteroatoms. The molecule has 3 rings (SSSR count). The number of amides is 1. The lowest BCUT2D eigenvalue weighted by Crippen LogP contribution is -2.49. The molecule has 2 bridgehead atoms. The van der Waals surface area contributed by atoms with E-state index in [1.54, 1.807) is 17.0 Å². The first kappa shape index (κ1) is 11.3. The van der Waals surface area contributed by atoms with E-state index in [2.05, 4.69) is 0 Å². The molecule has 0 saturated carbocycles. The molecule has 2 aliphatic rings. The molecule has 0 N–H and O–H groups in total. The maximum Gasteiger partial charge on any atom is 0.409 e. The molecule has 1 aromatic heterocycles. The summed E-state index contributed by atoms with van der Waals surface area (Å²) in [6, 6.07) is 5.39. The second kappa shape index (κ2) is 4.15. The lowest BCUT2D eigenvalue weighted by molar-refractivity contribution is 0.0830. The van der Waals surface area contributed by atoms with Crippen molar-refractivity contribution in [2.75, 3.05) is 20.2 Å². The standard InChI is InChI=1S/C13H16N2O3/c1-18-13(17)14-6-9-5-10(8-14)11-3-2-4-12(16)15(11)7-9/h2-4,9-10H,5-8H2,1H3/t9-,10+/m1/s1. The van der Waals surface area contributed by atoms with Gasteiger partial charge in [0.15, 0.2) is 0 Å². The minimum Gasteiger partial charge on any atom is -0.453 e. The molecule has 0 aliphatic carbocycles. The zero-order valence-electron chi connectivity index (χ0n) is 10.3. The largest absolute Gasteiger partial charge is 0.453 e. The SMILES string of the molecule is COC(=O)N1C[C@H]2C[C@@H](C1)c1cccc(=O)n1C2.